The molecule has 0 saturated carbocycles. The second-order valence-electron chi connectivity index (χ2n) is 7.64. The van der Waals surface area contributed by atoms with Crippen molar-refractivity contribution in [3.8, 4) is 0 Å². The molecule has 1 aromatic carbocycles. The molecule has 0 unspecified atom stereocenters. The Bertz CT molecular complexity index is 813. The minimum absolute atomic E-state index is 0.00173. The molecule has 29 heavy (non-hydrogen) atoms. The van der Waals surface area contributed by atoms with Crippen LogP contribution in [-0.2, 0) is 25.6 Å². The van der Waals surface area contributed by atoms with Crippen LogP contribution in [-0.4, -0.2) is 48.2 Å². The molecule has 10 heteroatoms. The Hall–Kier alpha value is -2.42. The van der Waals surface area contributed by atoms with E-state index in [0.717, 1.165) is 17.0 Å². The highest BCUT2D eigenvalue weighted by atomic mass is 35.5. The number of nitrogens with one attached hydrogen (secondary N) is 1. The van der Waals surface area contributed by atoms with Gasteiger partial charge in [-0.05, 0) is 39.3 Å². The third kappa shape index (κ3) is 5.56. The van der Waals surface area contributed by atoms with Crippen molar-refractivity contribution in [2.45, 2.75) is 45.4 Å². The summed E-state index contributed by atoms with van der Waals surface area (Å²) >= 11 is 5.65. The molecule has 1 N–H and O–H groups in total. The van der Waals surface area contributed by atoms with Crippen molar-refractivity contribution in [2.24, 2.45) is 5.92 Å². The zero-order chi connectivity index (χ0) is 21.9. The number of methoxy groups -OCH3 is 1. The van der Waals surface area contributed by atoms with E-state index in [9.17, 15) is 23.2 Å². The lowest BCUT2D eigenvalue weighted by Crippen LogP contribution is -2.47. The lowest BCUT2D eigenvalue weighted by molar-refractivity contribution is -0.144. The van der Waals surface area contributed by atoms with E-state index < -0.39 is 59.3 Å². The van der Waals surface area contributed by atoms with Crippen LogP contribution in [0, 0.1) is 17.6 Å². The molecule has 2 rings (SSSR count). The smallest absolute Gasteiger partial charge is 0.410 e. The summed E-state index contributed by atoms with van der Waals surface area (Å²) in [6.45, 7) is 4.45. The summed E-state index contributed by atoms with van der Waals surface area (Å²) in [5, 5.41) is 2.12. The van der Waals surface area contributed by atoms with E-state index in [4.69, 9.17) is 21.1 Å². The van der Waals surface area contributed by atoms with Crippen LogP contribution in [0.4, 0.5) is 13.6 Å². The minimum atomic E-state index is -1.06. The molecule has 7 nitrogen and oxygen atoms in total. The van der Waals surface area contributed by atoms with Gasteiger partial charge in [0.15, 0.2) is 0 Å². The van der Waals surface area contributed by atoms with E-state index in [-0.39, 0.29) is 18.0 Å². The maximum Gasteiger partial charge on any atom is 0.410 e. The van der Waals surface area contributed by atoms with Crippen LogP contribution >= 0.6 is 11.6 Å². The fraction of sp³-hybridized carbons (Fsp3) is 0.526. The summed E-state index contributed by atoms with van der Waals surface area (Å²) in [4.78, 5) is 38.2. The minimum Gasteiger partial charge on any atom is -0.469 e. The van der Waals surface area contributed by atoms with Crippen molar-refractivity contribution >= 4 is 29.6 Å². The highest BCUT2D eigenvalue weighted by Gasteiger charge is 2.44. The first-order valence-corrected chi connectivity index (χ1v) is 9.30. The Labute approximate surface area is 172 Å². The molecule has 1 aromatic rings. The number of hydrogen-bond donors (Lipinski definition) is 1. The summed E-state index contributed by atoms with van der Waals surface area (Å²) in [6, 6.07) is 1.00. The normalized spacial score (nSPS) is 19.1. The van der Waals surface area contributed by atoms with Crippen LogP contribution < -0.4 is 5.32 Å². The molecule has 1 saturated heterocycles. The average Bonchev–Trinajstić information content (AvgIpc) is 3.08. The molecule has 1 fully saturated rings. The highest BCUT2D eigenvalue weighted by Crippen LogP contribution is 2.27. The van der Waals surface area contributed by atoms with E-state index in [1.807, 2.05) is 0 Å². The van der Waals surface area contributed by atoms with Gasteiger partial charge in [0, 0.05) is 18.7 Å². The molecule has 0 bridgehead atoms. The summed E-state index contributed by atoms with van der Waals surface area (Å²) in [6.07, 6.45) is -0.776. The number of likely N-dealkylation sites (tertiary alicyclic amines) is 1. The third-order valence-corrected chi connectivity index (χ3v) is 4.64. The monoisotopic (exact) mass is 432 g/mol. The van der Waals surface area contributed by atoms with Gasteiger partial charge in [-0.15, -0.1) is 0 Å². The number of nitrogens with zero attached hydrogens (tertiary/aromatic N) is 1. The molecule has 160 valence electrons. The Kier molecular flexibility index (Phi) is 7.05. The Morgan fingerprint density at radius 3 is 2.52 bits per heavy atom. The zero-order valence-corrected chi connectivity index (χ0v) is 17.3. The Balaban J connectivity index is 2.17. The van der Waals surface area contributed by atoms with Crippen LogP contribution in [0.2, 0.25) is 5.02 Å². The van der Waals surface area contributed by atoms with Crippen molar-refractivity contribution < 1.29 is 32.6 Å². The number of rotatable bonds is 4. The number of amides is 2. The topological polar surface area (TPSA) is 84.9 Å². The second kappa shape index (κ2) is 8.94. The molecular formula is C19H23ClF2N2O5. The quantitative estimate of drug-likeness (QED) is 0.584. The summed E-state index contributed by atoms with van der Waals surface area (Å²) < 4.78 is 37.9. The fourth-order valence-electron chi connectivity index (χ4n) is 2.97. The molecule has 0 radical (unpaired) electrons. The van der Waals surface area contributed by atoms with Gasteiger partial charge in [0.1, 0.15) is 23.3 Å². The maximum atomic E-state index is 14.0. The predicted molar refractivity (Wildman–Crippen MR) is 100 cm³/mol. The number of esters is 1. The Morgan fingerprint density at radius 1 is 1.28 bits per heavy atom. The number of hydrogen-bond acceptors (Lipinski definition) is 5. The van der Waals surface area contributed by atoms with Crippen LogP contribution in [0.25, 0.3) is 0 Å². The molecule has 0 spiro atoms. The first kappa shape index (κ1) is 22.9. The number of halogens is 3. The Morgan fingerprint density at radius 2 is 1.93 bits per heavy atom. The first-order valence-electron chi connectivity index (χ1n) is 8.92. The van der Waals surface area contributed by atoms with Gasteiger partial charge >= 0.3 is 12.1 Å². The summed E-state index contributed by atoms with van der Waals surface area (Å²) in [5.41, 5.74) is -1.22. The highest BCUT2D eigenvalue weighted by molar-refractivity contribution is 6.30. The maximum absolute atomic E-state index is 14.0. The SMILES string of the molecule is COC(=O)[C@H]1C[C@@H](C(=O)NCc2c(F)ccc(Cl)c2F)N(C(=O)OC(C)(C)C)C1. The third-order valence-electron chi connectivity index (χ3n) is 4.34. The first-order chi connectivity index (χ1) is 13.4. The van der Waals surface area contributed by atoms with Crippen LogP contribution in [0.3, 0.4) is 0 Å². The summed E-state index contributed by atoms with van der Waals surface area (Å²) in [5.74, 6) is -3.81. The van der Waals surface area contributed by atoms with Crippen molar-refractivity contribution in [1.29, 1.82) is 0 Å². The van der Waals surface area contributed by atoms with Crippen molar-refractivity contribution in [3.05, 3.63) is 34.4 Å². The largest absolute Gasteiger partial charge is 0.469 e. The predicted octanol–water partition coefficient (Wildman–Crippen LogP) is 3.03. The molecule has 2 amide bonds. The molecular weight excluding hydrogens is 410 g/mol. The second-order valence-corrected chi connectivity index (χ2v) is 8.05. The molecule has 0 aliphatic carbocycles. The zero-order valence-electron chi connectivity index (χ0n) is 16.6. The van der Waals surface area contributed by atoms with E-state index in [1.165, 1.54) is 7.11 Å². The van der Waals surface area contributed by atoms with Gasteiger partial charge in [-0.2, -0.15) is 0 Å². The van der Waals surface area contributed by atoms with Gasteiger partial charge in [-0.1, -0.05) is 11.6 Å². The number of ether oxygens (including phenoxy) is 2. The van der Waals surface area contributed by atoms with E-state index in [2.05, 4.69) is 5.32 Å². The van der Waals surface area contributed by atoms with Crippen LogP contribution in [0.15, 0.2) is 12.1 Å². The number of benzene rings is 1. The van der Waals surface area contributed by atoms with Gasteiger partial charge in [0.05, 0.1) is 18.1 Å². The number of carbonyl (C=O) groups is 3. The number of carbonyl (C=O) groups excluding carboxylic acids is 3. The van der Waals surface area contributed by atoms with Crippen LogP contribution in [0.1, 0.15) is 32.8 Å². The van der Waals surface area contributed by atoms with E-state index >= 15 is 0 Å². The molecule has 1 heterocycles. The average molecular weight is 433 g/mol. The lowest BCUT2D eigenvalue weighted by atomic mass is 10.1. The summed E-state index contributed by atoms with van der Waals surface area (Å²) in [7, 11) is 1.21. The van der Waals surface area contributed by atoms with Crippen LogP contribution in [0.5, 0.6) is 0 Å². The van der Waals surface area contributed by atoms with Gasteiger partial charge in [0.25, 0.3) is 0 Å². The van der Waals surface area contributed by atoms with Crippen molar-refractivity contribution in [3.63, 3.8) is 0 Å². The molecule has 1 aliphatic heterocycles. The molecule has 1 aliphatic rings. The van der Waals surface area contributed by atoms with Gasteiger partial charge in [-0.3, -0.25) is 14.5 Å². The fourth-order valence-corrected chi connectivity index (χ4v) is 3.15. The van der Waals surface area contributed by atoms with Crippen molar-refractivity contribution in [1.82, 2.24) is 10.2 Å². The van der Waals surface area contributed by atoms with Gasteiger partial charge < -0.3 is 14.8 Å². The van der Waals surface area contributed by atoms with E-state index in [1.54, 1.807) is 20.8 Å². The van der Waals surface area contributed by atoms with Crippen molar-refractivity contribution in [2.75, 3.05) is 13.7 Å². The van der Waals surface area contributed by atoms with Gasteiger partial charge in [0.2, 0.25) is 5.91 Å². The standard InChI is InChI=1S/C19H23ClF2N2O5/c1-19(2,3)29-18(27)24-9-10(17(26)28-4)7-14(24)16(25)23-8-11-13(21)6-5-12(20)15(11)22/h5-6,10,14H,7-9H2,1-4H3,(H,23,25)/t10-,14-/m0/s1. The molecule has 2 atom stereocenters. The molecule has 0 aromatic heterocycles. The van der Waals surface area contributed by atoms with Gasteiger partial charge in [-0.25, -0.2) is 13.6 Å². The van der Waals surface area contributed by atoms with E-state index in [0.29, 0.717) is 0 Å². The lowest BCUT2D eigenvalue weighted by Gasteiger charge is -2.28.